The van der Waals surface area contributed by atoms with Crippen molar-refractivity contribution >= 4 is 0 Å². The van der Waals surface area contributed by atoms with Crippen molar-refractivity contribution in [3.05, 3.63) is 65.7 Å². The molecule has 0 bridgehead atoms. The van der Waals surface area contributed by atoms with Crippen molar-refractivity contribution in [3.8, 4) is 5.75 Å². The van der Waals surface area contributed by atoms with Crippen molar-refractivity contribution in [3.63, 3.8) is 0 Å². The first-order valence-electron chi connectivity index (χ1n) is 7.58. The molecule has 0 radical (unpaired) electrons. The highest BCUT2D eigenvalue weighted by atomic mass is 16.3. The van der Waals surface area contributed by atoms with E-state index in [0.29, 0.717) is 11.8 Å². The quantitative estimate of drug-likeness (QED) is 0.904. The molecule has 0 amide bonds. The van der Waals surface area contributed by atoms with Crippen LogP contribution in [-0.4, -0.2) is 35.7 Å². The molecule has 3 rings (SSSR count). The Balaban J connectivity index is 1.69. The van der Waals surface area contributed by atoms with Crippen LogP contribution in [0.15, 0.2) is 54.6 Å². The first-order valence-corrected chi connectivity index (χ1v) is 7.58. The number of hydrogen-bond donors (Lipinski definition) is 2. The van der Waals surface area contributed by atoms with Gasteiger partial charge in [-0.25, -0.2) is 0 Å². The zero-order chi connectivity index (χ0) is 14.5. The summed E-state index contributed by atoms with van der Waals surface area (Å²) in [7, 11) is 0. The molecule has 21 heavy (non-hydrogen) atoms. The molecule has 2 aromatic rings. The Hall–Kier alpha value is -1.84. The number of phenols is 1. The van der Waals surface area contributed by atoms with E-state index < -0.39 is 0 Å². The Morgan fingerprint density at radius 3 is 2.67 bits per heavy atom. The summed E-state index contributed by atoms with van der Waals surface area (Å²) in [6.45, 7) is 4.00. The van der Waals surface area contributed by atoms with Gasteiger partial charge in [0.1, 0.15) is 5.75 Å². The first kappa shape index (κ1) is 14.1. The predicted octanol–water partition coefficient (Wildman–Crippen LogP) is 2.41. The van der Waals surface area contributed by atoms with E-state index >= 15 is 0 Å². The maximum absolute atomic E-state index is 9.61. The summed E-state index contributed by atoms with van der Waals surface area (Å²) >= 11 is 0. The van der Waals surface area contributed by atoms with Crippen molar-refractivity contribution in [2.75, 3.05) is 19.6 Å². The van der Waals surface area contributed by atoms with Crippen molar-refractivity contribution in [2.24, 2.45) is 0 Å². The van der Waals surface area contributed by atoms with E-state index in [1.807, 2.05) is 12.1 Å². The van der Waals surface area contributed by atoms with E-state index in [9.17, 15) is 5.11 Å². The number of rotatable bonds is 4. The molecule has 1 aliphatic rings. The van der Waals surface area contributed by atoms with Crippen molar-refractivity contribution in [1.29, 1.82) is 0 Å². The molecule has 2 aromatic carbocycles. The molecule has 1 atom stereocenters. The van der Waals surface area contributed by atoms with Crippen LogP contribution in [-0.2, 0) is 13.0 Å². The van der Waals surface area contributed by atoms with Crippen LogP contribution < -0.4 is 5.32 Å². The largest absolute Gasteiger partial charge is 0.508 e. The van der Waals surface area contributed by atoms with Gasteiger partial charge < -0.3 is 10.4 Å². The second-order valence-corrected chi connectivity index (χ2v) is 5.69. The zero-order valence-corrected chi connectivity index (χ0v) is 12.2. The van der Waals surface area contributed by atoms with Crippen LogP contribution >= 0.6 is 0 Å². The van der Waals surface area contributed by atoms with Crippen LogP contribution in [0, 0.1) is 0 Å². The molecular weight excluding hydrogens is 260 g/mol. The highest BCUT2D eigenvalue weighted by Gasteiger charge is 2.22. The van der Waals surface area contributed by atoms with Crippen LogP contribution in [0.5, 0.6) is 5.75 Å². The van der Waals surface area contributed by atoms with Crippen LogP contribution in [0.25, 0.3) is 0 Å². The van der Waals surface area contributed by atoms with E-state index in [-0.39, 0.29) is 0 Å². The zero-order valence-electron chi connectivity index (χ0n) is 12.2. The van der Waals surface area contributed by atoms with Crippen LogP contribution in [0.4, 0.5) is 0 Å². The number of benzene rings is 2. The van der Waals surface area contributed by atoms with Gasteiger partial charge >= 0.3 is 0 Å². The van der Waals surface area contributed by atoms with Crippen molar-refractivity contribution in [2.45, 2.75) is 19.0 Å². The molecule has 1 aliphatic heterocycles. The fourth-order valence-corrected chi connectivity index (χ4v) is 2.99. The lowest BCUT2D eigenvalue weighted by Crippen LogP contribution is -2.51. The van der Waals surface area contributed by atoms with Gasteiger partial charge in [-0.05, 0) is 29.7 Å². The maximum Gasteiger partial charge on any atom is 0.115 e. The monoisotopic (exact) mass is 282 g/mol. The number of phenolic OH excluding ortho intramolecular Hbond substituents is 1. The van der Waals surface area contributed by atoms with Gasteiger partial charge in [-0.2, -0.15) is 0 Å². The highest BCUT2D eigenvalue weighted by molar-refractivity contribution is 5.27. The fraction of sp³-hybridized carbons (Fsp3) is 0.333. The van der Waals surface area contributed by atoms with Gasteiger partial charge in [0.25, 0.3) is 0 Å². The molecule has 0 saturated carbocycles. The highest BCUT2D eigenvalue weighted by Crippen LogP contribution is 2.17. The lowest BCUT2D eigenvalue weighted by molar-refractivity contribution is 0.152. The molecule has 1 fully saturated rings. The van der Waals surface area contributed by atoms with E-state index in [0.717, 1.165) is 32.6 Å². The molecule has 2 N–H and O–H groups in total. The third kappa shape index (κ3) is 3.84. The van der Waals surface area contributed by atoms with Gasteiger partial charge in [-0.3, -0.25) is 4.90 Å². The summed E-state index contributed by atoms with van der Waals surface area (Å²) in [5.41, 5.74) is 2.56. The van der Waals surface area contributed by atoms with E-state index in [2.05, 4.69) is 46.6 Å². The summed E-state index contributed by atoms with van der Waals surface area (Å²) in [5.74, 6) is 0.349. The van der Waals surface area contributed by atoms with E-state index in [1.54, 1.807) is 6.07 Å². The number of piperazine rings is 1. The molecule has 1 unspecified atom stereocenters. The topological polar surface area (TPSA) is 35.5 Å². The normalized spacial score (nSPS) is 19.5. The molecule has 110 valence electrons. The van der Waals surface area contributed by atoms with Crippen molar-refractivity contribution in [1.82, 2.24) is 10.2 Å². The third-order valence-corrected chi connectivity index (χ3v) is 4.08. The fourth-order valence-electron chi connectivity index (χ4n) is 2.99. The Labute approximate surface area is 126 Å². The lowest BCUT2D eigenvalue weighted by atomic mass is 10.0. The maximum atomic E-state index is 9.61. The van der Waals surface area contributed by atoms with Gasteiger partial charge in [-0.1, -0.05) is 42.5 Å². The standard InChI is InChI=1S/C18H22N2O/c21-18-8-4-7-16(12-18)14-20-10-9-19-13-17(20)11-15-5-2-1-3-6-15/h1-8,12,17,19,21H,9-11,13-14H2. The minimum absolute atomic E-state index is 0.349. The molecule has 1 heterocycles. The second-order valence-electron chi connectivity index (χ2n) is 5.69. The minimum atomic E-state index is 0.349. The van der Waals surface area contributed by atoms with Gasteiger partial charge in [0.2, 0.25) is 0 Å². The number of nitrogens with one attached hydrogen (secondary N) is 1. The van der Waals surface area contributed by atoms with E-state index in [1.165, 1.54) is 11.1 Å². The average Bonchev–Trinajstić information content (AvgIpc) is 2.50. The Morgan fingerprint density at radius 2 is 1.86 bits per heavy atom. The number of hydrogen-bond acceptors (Lipinski definition) is 3. The Bertz CT molecular complexity index is 570. The molecule has 3 heteroatoms. The summed E-state index contributed by atoms with van der Waals surface area (Å²) in [6.07, 6.45) is 1.06. The summed E-state index contributed by atoms with van der Waals surface area (Å²) in [6, 6.07) is 18.7. The third-order valence-electron chi connectivity index (χ3n) is 4.08. The lowest BCUT2D eigenvalue weighted by Gasteiger charge is -2.36. The summed E-state index contributed by atoms with van der Waals surface area (Å²) in [4.78, 5) is 2.51. The van der Waals surface area contributed by atoms with Gasteiger partial charge in [-0.15, -0.1) is 0 Å². The van der Waals surface area contributed by atoms with Crippen molar-refractivity contribution < 1.29 is 5.11 Å². The van der Waals surface area contributed by atoms with Gasteiger partial charge in [0, 0.05) is 32.2 Å². The molecular formula is C18H22N2O. The number of nitrogens with zero attached hydrogens (tertiary/aromatic N) is 1. The van der Waals surface area contributed by atoms with Crippen LogP contribution in [0.2, 0.25) is 0 Å². The predicted molar refractivity (Wildman–Crippen MR) is 85.3 cm³/mol. The van der Waals surface area contributed by atoms with Gasteiger partial charge in [0.15, 0.2) is 0 Å². The molecule has 3 nitrogen and oxygen atoms in total. The second kappa shape index (κ2) is 6.74. The molecule has 0 aliphatic carbocycles. The average molecular weight is 282 g/mol. The summed E-state index contributed by atoms with van der Waals surface area (Å²) in [5, 5.41) is 13.1. The van der Waals surface area contributed by atoms with Crippen LogP contribution in [0.3, 0.4) is 0 Å². The molecule has 0 aromatic heterocycles. The van der Waals surface area contributed by atoms with Gasteiger partial charge in [0.05, 0.1) is 0 Å². The smallest absolute Gasteiger partial charge is 0.115 e. The van der Waals surface area contributed by atoms with E-state index in [4.69, 9.17) is 0 Å². The Kier molecular flexibility index (Phi) is 4.53. The first-order chi connectivity index (χ1) is 10.3. The SMILES string of the molecule is Oc1cccc(CN2CCNCC2Cc2ccccc2)c1. The number of aromatic hydroxyl groups is 1. The minimum Gasteiger partial charge on any atom is -0.508 e. The van der Waals surface area contributed by atoms with Crippen LogP contribution in [0.1, 0.15) is 11.1 Å². The summed E-state index contributed by atoms with van der Waals surface area (Å²) < 4.78 is 0. The Morgan fingerprint density at radius 1 is 1.05 bits per heavy atom. The molecule has 1 saturated heterocycles. The molecule has 0 spiro atoms.